The molecule has 0 radical (unpaired) electrons. The molecule has 6 heteroatoms. The van der Waals surface area contributed by atoms with Crippen molar-refractivity contribution < 1.29 is 19.4 Å². The SMILES string of the molecule is CCCOCCOc1nnc(CC)c(CC)c1C(=O)O. The van der Waals surface area contributed by atoms with Gasteiger partial charge in [-0.3, -0.25) is 0 Å². The number of aromatic nitrogens is 2. The Bertz CT molecular complexity index is 449. The van der Waals surface area contributed by atoms with Crippen LogP contribution in [0.4, 0.5) is 0 Å². The molecule has 0 bridgehead atoms. The van der Waals surface area contributed by atoms with E-state index in [4.69, 9.17) is 9.47 Å². The van der Waals surface area contributed by atoms with Crippen molar-refractivity contribution in [3.05, 3.63) is 16.8 Å². The molecule has 6 nitrogen and oxygen atoms in total. The van der Waals surface area contributed by atoms with Crippen molar-refractivity contribution in [2.45, 2.75) is 40.0 Å². The average molecular weight is 282 g/mol. The summed E-state index contributed by atoms with van der Waals surface area (Å²) in [5.41, 5.74) is 1.52. The van der Waals surface area contributed by atoms with Crippen LogP contribution in [0.15, 0.2) is 0 Å². The van der Waals surface area contributed by atoms with E-state index in [1.807, 2.05) is 20.8 Å². The van der Waals surface area contributed by atoms with E-state index in [0.717, 1.165) is 6.42 Å². The minimum Gasteiger partial charge on any atom is -0.477 e. The smallest absolute Gasteiger partial charge is 0.341 e. The Morgan fingerprint density at radius 2 is 1.85 bits per heavy atom. The van der Waals surface area contributed by atoms with Gasteiger partial charge in [-0.15, -0.1) is 5.10 Å². The lowest BCUT2D eigenvalue weighted by Crippen LogP contribution is -2.15. The summed E-state index contributed by atoms with van der Waals surface area (Å²) in [6, 6.07) is 0. The molecule has 1 rings (SSSR count). The van der Waals surface area contributed by atoms with Crippen molar-refractivity contribution in [3.8, 4) is 5.88 Å². The maximum atomic E-state index is 11.4. The highest BCUT2D eigenvalue weighted by Gasteiger charge is 2.21. The molecule has 0 saturated heterocycles. The molecule has 0 fully saturated rings. The first-order valence-electron chi connectivity index (χ1n) is 6.97. The number of carbonyl (C=O) groups is 1. The molecular weight excluding hydrogens is 260 g/mol. The van der Waals surface area contributed by atoms with Crippen LogP contribution in [0.1, 0.15) is 48.8 Å². The Balaban J connectivity index is 2.87. The number of rotatable bonds is 9. The van der Waals surface area contributed by atoms with Crippen molar-refractivity contribution in [2.75, 3.05) is 19.8 Å². The van der Waals surface area contributed by atoms with Crippen molar-refractivity contribution >= 4 is 5.97 Å². The third-order valence-electron chi connectivity index (χ3n) is 2.84. The highest BCUT2D eigenvalue weighted by atomic mass is 16.5. The van der Waals surface area contributed by atoms with Crippen LogP contribution < -0.4 is 4.74 Å². The van der Waals surface area contributed by atoms with Crippen LogP contribution in [0.3, 0.4) is 0 Å². The van der Waals surface area contributed by atoms with Crippen LogP contribution in [0.25, 0.3) is 0 Å². The highest BCUT2D eigenvalue weighted by molar-refractivity contribution is 5.92. The van der Waals surface area contributed by atoms with Gasteiger partial charge in [0.15, 0.2) is 0 Å². The Morgan fingerprint density at radius 3 is 2.40 bits per heavy atom. The molecule has 0 unspecified atom stereocenters. The summed E-state index contributed by atoms with van der Waals surface area (Å²) in [7, 11) is 0. The van der Waals surface area contributed by atoms with E-state index >= 15 is 0 Å². The fourth-order valence-electron chi connectivity index (χ4n) is 1.92. The number of hydrogen-bond acceptors (Lipinski definition) is 5. The fourth-order valence-corrected chi connectivity index (χ4v) is 1.92. The topological polar surface area (TPSA) is 81.5 Å². The zero-order valence-corrected chi connectivity index (χ0v) is 12.3. The van der Waals surface area contributed by atoms with Crippen LogP contribution in [0.2, 0.25) is 0 Å². The van der Waals surface area contributed by atoms with E-state index in [1.165, 1.54) is 0 Å². The Morgan fingerprint density at radius 1 is 1.10 bits per heavy atom. The third kappa shape index (κ3) is 4.16. The summed E-state index contributed by atoms with van der Waals surface area (Å²) < 4.78 is 10.7. The van der Waals surface area contributed by atoms with E-state index in [9.17, 15) is 9.90 Å². The molecule has 1 N–H and O–H groups in total. The number of carboxylic acids is 1. The fraction of sp³-hybridized carbons (Fsp3) is 0.643. The molecule has 1 aromatic rings. The third-order valence-corrected chi connectivity index (χ3v) is 2.84. The quantitative estimate of drug-likeness (QED) is 0.698. The second kappa shape index (κ2) is 8.47. The van der Waals surface area contributed by atoms with Crippen molar-refractivity contribution in [2.24, 2.45) is 0 Å². The van der Waals surface area contributed by atoms with Crippen LogP contribution >= 0.6 is 0 Å². The highest BCUT2D eigenvalue weighted by Crippen LogP contribution is 2.22. The van der Waals surface area contributed by atoms with Gasteiger partial charge in [-0.1, -0.05) is 20.8 Å². The average Bonchev–Trinajstić information content (AvgIpc) is 2.45. The molecule has 0 saturated carbocycles. The molecule has 0 aliphatic carbocycles. The van der Waals surface area contributed by atoms with Crippen LogP contribution in [-0.4, -0.2) is 41.1 Å². The van der Waals surface area contributed by atoms with Crippen LogP contribution in [-0.2, 0) is 17.6 Å². The van der Waals surface area contributed by atoms with Gasteiger partial charge in [-0.25, -0.2) is 4.79 Å². The molecule has 1 heterocycles. The summed E-state index contributed by atoms with van der Waals surface area (Å²) in [6.45, 7) is 7.18. The summed E-state index contributed by atoms with van der Waals surface area (Å²) in [5, 5.41) is 17.3. The summed E-state index contributed by atoms with van der Waals surface area (Å²) in [6.07, 6.45) is 2.17. The molecule has 0 amide bonds. The van der Waals surface area contributed by atoms with Gasteiger partial charge in [0, 0.05) is 6.61 Å². The van der Waals surface area contributed by atoms with Gasteiger partial charge in [0.25, 0.3) is 0 Å². The van der Waals surface area contributed by atoms with Gasteiger partial charge in [0.2, 0.25) is 5.88 Å². The lowest BCUT2D eigenvalue weighted by atomic mass is 10.0. The second-order valence-corrected chi connectivity index (χ2v) is 4.28. The molecule has 0 aromatic carbocycles. The Labute approximate surface area is 119 Å². The zero-order chi connectivity index (χ0) is 15.0. The van der Waals surface area contributed by atoms with Crippen molar-refractivity contribution in [1.82, 2.24) is 10.2 Å². The van der Waals surface area contributed by atoms with E-state index in [2.05, 4.69) is 10.2 Å². The molecule has 0 atom stereocenters. The predicted molar refractivity (Wildman–Crippen MR) is 74.4 cm³/mol. The number of aryl methyl sites for hydroxylation is 1. The van der Waals surface area contributed by atoms with Gasteiger partial charge in [0.05, 0.1) is 12.3 Å². The van der Waals surface area contributed by atoms with E-state index in [1.54, 1.807) is 0 Å². The molecular formula is C14H22N2O4. The Hall–Kier alpha value is -1.69. The zero-order valence-electron chi connectivity index (χ0n) is 12.3. The predicted octanol–water partition coefficient (Wildman–Crippen LogP) is 2.10. The van der Waals surface area contributed by atoms with Crippen molar-refractivity contribution in [3.63, 3.8) is 0 Å². The standard InChI is InChI=1S/C14H22N2O4/c1-4-7-19-8-9-20-13-12(14(17)18)10(5-2)11(6-3)15-16-13/h4-9H2,1-3H3,(H,17,18). The van der Waals surface area contributed by atoms with Gasteiger partial charge >= 0.3 is 5.97 Å². The van der Waals surface area contributed by atoms with E-state index in [0.29, 0.717) is 37.3 Å². The molecule has 0 spiro atoms. The molecule has 112 valence electrons. The second-order valence-electron chi connectivity index (χ2n) is 4.28. The number of hydrogen-bond donors (Lipinski definition) is 1. The monoisotopic (exact) mass is 282 g/mol. The number of aromatic carboxylic acids is 1. The lowest BCUT2D eigenvalue weighted by molar-refractivity contribution is 0.0680. The van der Waals surface area contributed by atoms with Crippen molar-refractivity contribution in [1.29, 1.82) is 0 Å². The number of ether oxygens (including phenoxy) is 2. The minimum atomic E-state index is -1.03. The lowest BCUT2D eigenvalue weighted by Gasteiger charge is -2.13. The molecule has 20 heavy (non-hydrogen) atoms. The molecule has 0 aliphatic heterocycles. The van der Waals surface area contributed by atoms with Gasteiger partial charge in [0.1, 0.15) is 12.2 Å². The van der Waals surface area contributed by atoms with Crippen LogP contribution in [0.5, 0.6) is 5.88 Å². The molecule has 1 aromatic heterocycles. The van der Waals surface area contributed by atoms with Gasteiger partial charge < -0.3 is 14.6 Å². The van der Waals surface area contributed by atoms with E-state index < -0.39 is 5.97 Å². The largest absolute Gasteiger partial charge is 0.477 e. The van der Waals surface area contributed by atoms with Crippen LogP contribution in [0, 0.1) is 0 Å². The van der Waals surface area contributed by atoms with Gasteiger partial charge in [-0.05, 0) is 24.8 Å². The first kappa shape index (κ1) is 16.4. The Kier molecular flexibility index (Phi) is 6.93. The normalized spacial score (nSPS) is 10.6. The summed E-state index contributed by atoms with van der Waals surface area (Å²) >= 11 is 0. The maximum absolute atomic E-state index is 11.4. The van der Waals surface area contributed by atoms with Gasteiger partial charge in [-0.2, -0.15) is 5.10 Å². The first-order valence-corrected chi connectivity index (χ1v) is 6.97. The molecule has 0 aliphatic rings. The number of carboxylic acid groups (broad SMARTS) is 1. The number of nitrogens with zero attached hydrogens (tertiary/aromatic N) is 2. The summed E-state index contributed by atoms with van der Waals surface area (Å²) in [5.74, 6) is -0.956. The summed E-state index contributed by atoms with van der Waals surface area (Å²) in [4.78, 5) is 11.4. The maximum Gasteiger partial charge on any atom is 0.341 e. The van der Waals surface area contributed by atoms with E-state index in [-0.39, 0.29) is 18.1 Å². The minimum absolute atomic E-state index is 0.0756. The first-order chi connectivity index (χ1) is 9.65.